The van der Waals surface area contributed by atoms with Crippen molar-refractivity contribution in [3.63, 3.8) is 0 Å². The Morgan fingerprint density at radius 1 is 0.967 bits per heavy atom. The third-order valence-electron chi connectivity index (χ3n) is 5.38. The molecule has 0 bridgehead atoms. The summed E-state index contributed by atoms with van der Waals surface area (Å²) in [4.78, 5) is 14.9. The van der Waals surface area contributed by atoms with E-state index in [-0.39, 0.29) is 16.8 Å². The number of carbonyl (C=O) groups is 1. The van der Waals surface area contributed by atoms with E-state index in [1.54, 1.807) is 35.2 Å². The first-order valence-corrected chi connectivity index (χ1v) is 11.5. The maximum Gasteiger partial charge on any atom is 0.258 e. The second-order valence-corrected chi connectivity index (χ2v) is 9.18. The number of hydrogen-bond donors (Lipinski definition) is 1. The van der Waals surface area contributed by atoms with Gasteiger partial charge in [0.1, 0.15) is 0 Å². The van der Waals surface area contributed by atoms with Crippen LogP contribution in [0.5, 0.6) is 0 Å². The molecular formula is C24H24N2O3S. The fraction of sp³-hybridized carbons (Fsp3) is 0.208. The zero-order chi connectivity index (χ0) is 21.1. The van der Waals surface area contributed by atoms with Gasteiger partial charge < -0.3 is 4.90 Å². The fourth-order valence-electron chi connectivity index (χ4n) is 3.80. The highest BCUT2D eigenvalue weighted by Gasteiger charge is 2.26. The number of hydrogen-bond acceptors (Lipinski definition) is 3. The summed E-state index contributed by atoms with van der Waals surface area (Å²) in [6.45, 7) is 2.45. The quantitative estimate of drug-likeness (QED) is 0.669. The Bertz CT molecular complexity index is 1150. The zero-order valence-electron chi connectivity index (χ0n) is 16.8. The van der Waals surface area contributed by atoms with Gasteiger partial charge in [-0.05, 0) is 61.2 Å². The van der Waals surface area contributed by atoms with E-state index < -0.39 is 10.0 Å². The predicted molar refractivity (Wildman–Crippen MR) is 118 cm³/mol. The van der Waals surface area contributed by atoms with Crippen LogP contribution in [0.1, 0.15) is 40.9 Å². The Morgan fingerprint density at radius 3 is 2.33 bits per heavy atom. The van der Waals surface area contributed by atoms with Gasteiger partial charge in [-0.2, -0.15) is 0 Å². The summed E-state index contributed by atoms with van der Waals surface area (Å²) in [6, 6.07) is 23.3. The van der Waals surface area contributed by atoms with Gasteiger partial charge in [-0.15, -0.1) is 0 Å². The molecule has 6 heteroatoms. The minimum atomic E-state index is -3.68. The summed E-state index contributed by atoms with van der Waals surface area (Å²) in [5, 5.41) is 0. The Hall–Kier alpha value is -2.96. The zero-order valence-corrected chi connectivity index (χ0v) is 17.6. The van der Waals surface area contributed by atoms with Gasteiger partial charge in [0, 0.05) is 23.8 Å². The molecule has 154 valence electrons. The van der Waals surface area contributed by atoms with Crippen molar-refractivity contribution >= 4 is 21.6 Å². The predicted octanol–water partition coefficient (Wildman–Crippen LogP) is 4.32. The molecular weight excluding hydrogens is 396 g/mol. The van der Waals surface area contributed by atoms with Crippen LogP contribution in [0.3, 0.4) is 0 Å². The van der Waals surface area contributed by atoms with Crippen molar-refractivity contribution in [1.29, 1.82) is 0 Å². The molecule has 0 aliphatic carbocycles. The van der Waals surface area contributed by atoms with Crippen molar-refractivity contribution < 1.29 is 13.2 Å². The normalized spacial score (nSPS) is 14.8. The Morgan fingerprint density at radius 2 is 1.63 bits per heavy atom. The topological polar surface area (TPSA) is 66.5 Å². The fourth-order valence-corrected chi connectivity index (χ4v) is 5.08. The van der Waals surface area contributed by atoms with Crippen LogP contribution in [-0.4, -0.2) is 20.9 Å². The number of amides is 1. The summed E-state index contributed by atoms with van der Waals surface area (Å²) in [5.41, 5.74) is 3.19. The van der Waals surface area contributed by atoms with Crippen LogP contribution >= 0.6 is 0 Å². The molecule has 0 fully saturated rings. The van der Waals surface area contributed by atoms with Gasteiger partial charge in [-0.25, -0.2) is 13.1 Å². The third-order valence-corrected chi connectivity index (χ3v) is 6.92. The number of anilines is 1. The van der Waals surface area contributed by atoms with E-state index in [2.05, 4.69) is 4.72 Å². The van der Waals surface area contributed by atoms with Crippen LogP contribution < -0.4 is 9.62 Å². The molecule has 1 aliphatic rings. The van der Waals surface area contributed by atoms with Gasteiger partial charge >= 0.3 is 0 Å². The highest BCUT2D eigenvalue weighted by Crippen LogP contribution is 2.31. The number of nitrogens with zero attached hydrogens (tertiary/aromatic N) is 1. The van der Waals surface area contributed by atoms with Crippen molar-refractivity contribution in [3.8, 4) is 0 Å². The van der Waals surface area contributed by atoms with E-state index in [0.717, 1.165) is 29.7 Å². The summed E-state index contributed by atoms with van der Waals surface area (Å²) in [5.74, 6) is -0.0667. The molecule has 1 N–H and O–H groups in total. The van der Waals surface area contributed by atoms with Crippen LogP contribution in [0, 0.1) is 0 Å². The number of aryl methyl sites for hydroxylation is 1. The molecule has 3 aromatic carbocycles. The van der Waals surface area contributed by atoms with Gasteiger partial charge in [0.05, 0.1) is 4.90 Å². The summed E-state index contributed by atoms with van der Waals surface area (Å²) >= 11 is 0. The number of carbonyl (C=O) groups excluding carboxylic acids is 1. The van der Waals surface area contributed by atoms with Crippen LogP contribution in [0.4, 0.5) is 5.69 Å². The molecule has 30 heavy (non-hydrogen) atoms. The van der Waals surface area contributed by atoms with Crippen LogP contribution in [-0.2, 0) is 16.4 Å². The molecule has 1 aliphatic heterocycles. The number of fused-ring (bicyclic) bond motifs is 1. The minimum Gasteiger partial charge on any atom is -0.308 e. The van der Waals surface area contributed by atoms with E-state index in [4.69, 9.17) is 0 Å². The minimum absolute atomic E-state index is 0.0667. The van der Waals surface area contributed by atoms with Crippen molar-refractivity contribution in [3.05, 3.63) is 95.6 Å². The third kappa shape index (κ3) is 4.15. The van der Waals surface area contributed by atoms with E-state index in [0.29, 0.717) is 12.1 Å². The molecule has 0 saturated heterocycles. The molecule has 4 rings (SSSR count). The first-order chi connectivity index (χ1) is 14.5. The lowest BCUT2D eigenvalue weighted by Crippen LogP contribution is -2.35. The first-order valence-electron chi connectivity index (χ1n) is 10.0. The van der Waals surface area contributed by atoms with Gasteiger partial charge in [-0.1, -0.05) is 48.5 Å². The van der Waals surface area contributed by atoms with Crippen LogP contribution in [0.2, 0.25) is 0 Å². The number of benzene rings is 3. The Labute approximate surface area is 177 Å². The molecule has 5 nitrogen and oxygen atoms in total. The lowest BCUT2D eigenvalue weighted by molar-refractivity contribution is 0.0985. The molecule has 0 saturated carbocycles. The number of sulfonamides is 1. The monoisotopic (exact) mass is 420 g/mol. The van der Waals surface area contributed by atoms with E-state index >= 15 is 0 Å². The lowest BCUT2D eigenvalue weighted by Gasteiger charge is -2.30. The van der Waals surface area contributed by atoms with E-state index in [9.17, 15) is 13.2 Å². The van der Waals surface area contributed by atoms with Gasteiger partial charge in [0.2, 0.25) is 10.0 Å². The molecule has 0 radical (unpaired) electrons. The summed E-state index contributed by atoms with van der Waals surface area (Å²) < 4.78 is 28.6. The van der Waals surface area contributed by atoms with Crippen molar-refractivity contribution in [1.82, 2.24) is 4.72 Å². The molecule has 1 amide bonds. The number of rotatable bonds is 5. The summed E-state index contributed by atoms with van der Waals surface area (Å²) in [7, 11) is -3.68. The van der Waals surface area contributed by atoms with Crippen LogP contribution in [0.25, 0.3) is 0 Å². The maximum atomic E-state index is 12.9. The standard InChI is InChI=1S/C24H24N2O3S/c1-18(19-9-4-2-5-10-19)25-30(28,29)22-14-15-23-21(17-22)13-8-16-26(23)24(27)20-11-6-3-7-12-20/h2-7,9-12,14-15,17-18,25H,8,13,16H2,1H3/t18-/m0/s1. The van der Waals surface area contributed by atoms with Gasteiger partial charge in [-0.3, -0.25) is 4.79 Å². The number of nitrogens with one attached hydrogen (secondary N) is 1. The Kier molecular flexibility index (Phi) is 5.70. The van der Waals surface area contributed by atoms with E-state index in [1.165, 1.54) is 0 Å². The summed E-state index contributed by atoms with van der Waals surface area (Å²) in [6.07, 6.45) is 1.54. The van der Waals surface area contributed by atoms with E-state index in [1.807, 2.05) is 55.5 Å². The average Bonchev–Trinajstić information content (AvgIpc) is 2.78. The second-order valence-electron chi connectivity index (χ2n) is 7.47. The lowest BCUT2D eigenvalue weighted by atomic mass is 10.0. The largest absolute Gasteiger partial charge is 0.308 e. The van der Waals surface area contributed by atoms with Gasteiger partial charge in [0.25, 0.3) is 5.91 Å². The molecule has 0 aromatic heterocycles. The van der Waals surface area contributed by atoms with Crippen molar-refractivity contribution in [2.45, 2.75) is 30.7 Å². The van der Waals surface area contributed by atoms with Crippen LogP contribution in [0.15, 0.2) is 83.8 Å². The maximum absolute atomic E-state index is 12.9. The molecule has 1 atom stereocenters. The molecule has 1 heterocycles. The average molecular weight is 421 g/mol. The molecule has 0 spiro atoms. The highest BCUT2D eigenvalue weighted by atomic mass is 32.2. The van der Waals surface area contributed by atoms with Crippen molar-refractivity contribution in [2.75, 3.05) is 11.4 Å². The first kappa shape index (κ1) is 20.3. The molecule has 0 unspecified atom stereocenters. The van der Waals surface area contributed by atoms with Crippen molar-refractivity contribution in [2.24, 2.45) is 0 Å². The second kappa shape index (κ2) is 8.42. The smallest absolute Gasteiger partial charge is 0.258 e. The SMILES string of the molecule is C[C@H](NS(=O)(=O)c1ccc2c(c1)CCCN2C(=O)c1ccccc1)c1ccccc1. The van der Waals surface area contributed by atoms with Gasteiger partial charge in [0.15, 0.2) is 0 Å². The Balaban J connectivity index is 1.60. The molecule has 3 aromatic rings. The highest BCUT2D eigenvalue weighted by molar-refractivity contribution is 7.89.